The van der Waals surface area contributed by atoms with Crippen LogP contribution in [0.2, 0.25) is 0 Å². The van der Waals surface area contributed by atoms with Gasteiger partial charge in [-0.15, -0.1) is 0 Å². The Morgan fingerprint density at radius 2 is 2.53 bits per heavy atom. The zero-order chi connectivity index (χ0) is 12.1. The molecule has 3 N–H and O–H groups in total. The third-order valence-electron chi connectivity index (χ3n) is 3.21. The van der Waals surface area contributed by atoms with Gasteiger partial charge in [-0.2, -0.15) is 0 Å². The molecule has 0 amide bonds. The minimum atomic E-state index is 0.243. The predicted molar refractivity (Wildman–Crippen MR) is 64.5 cm³/mol. The molecule has 2 heterocycles. The lowest BCUT2D eigenvalue weighted by molar-refractivity contribution is 0.176. The Hall–Kier alpha value is -1.17. The normalized spacial score (nSPS) is 21.4. The van der Waals surface area contributed by atoms with Gasteiger partial charge in [0.15, 0.2) is 0 Å². The molecule has 0 aromatic carbocycles. The van der Waals surface area contributed by atoms with Crippen molar-refractivity contribution in [2.75, 3.05) is 20.3 Å². The molecule has 5 nitrogen and oxygen atoms in total. The summed E-state index contributed by atoms with van der Waals surface area (Å²) >= 11 is 0. The molecule has 0 saturated carbocycles. The highest BCUT2D eigenvalue weighted by Crippen LogP contribution is 2.19. The maximum atomic E-state index is 5.61. The minimum absolute atomic E-state index is 0.243. The van der Waals surface area contributed by atoms with E-state index in [1.807, 2.05) is 18.3 Å². The standard InChI is InChI=1S/C12H19N3O2/c1-16-12-3-2-9(7-14-12)6-11(15-13)10-4-5-17-8-10/h2-3,7,10-11,15H,4-6,8,13H2,1H3. The third-order valence-corrected chi connectivity index (χ3v) is 3.21. The highest BCUT2D eigenvalue weighted by Gasteiger charge is 2.25. The zero-order valence-corrected chi connectivity index (χ0v) is 10.1. The van der Waals surface area contributed by atoms with Gasteiger partial charge in [0.25, 0.3) is 0 Å². The number of aromatic nitrogens is 1. The first-order valence-electron chi connectivity index (χ1n) is 5.86. The van der Waals surface area contributed by atoms with Gasteiger partial charge in [0, 0.05) is 30.8 Å². The summed E-state index contributed by atoms with van der Waals surface area (Å²) in [6.07, 6.45) is 3.76. The van der Waals surface area contributed by atoms with E-state index in [4.69, 9.17) is 15.3 Å². The molecule has 0 bridgehead atoms. The number of nitrogens with one attached hydrogen (secondary N) is 1. The molecule has 2 rings (SSSR count). The molecule has 1 aromatic heterocycles. The molecule has 2 atom stereocenters. The van der Waals surface area contributed by atoms with Crippen molar-refractivity contribution >= 4 is 0 Å². The van der Waals surface area contributed by atoms with Gasteiger partial charge in [-0.25, -0.2) is 4.98 Å². The number of hydrazine groups is 1. The molecule has 1 saturated heterocycles. The van der Waals surface area contributed by atoms with Crippen LogP contribution in [0.4, 0.5) is 0 Å². The van der Waals surface area contributed by atoms with Crippen molar-refractivity contribution in [3.8, 4) is 5.88 Å². The van der Waals surface area contributed by atoms with Gasteiger partial charge in [-0.05, 0) is 18.4 Å². The third kappa shape index (κ3) is 3.15. The van der Waals surface area contributed by atoms with Crippen molar-refractivity contribution < 1.29 is 9.47 Å². The van der Waals surface area contributed by atoms with Crippen molar-refractivity contribution in [1.82, 2.24) is 10.4 Å². The summed E-state index contributed by atoms with van der Waals surface area (Å²) < 4.78 is 10.4. The number of methoxy groups -OCH3 is 1. The fourth-order valence-electron chi connectivity index (χ4n) is 2.14. The van der Waals surface area contributed by atoms with Crippen LogP contribution in [-0.2, 0) is 11.2 Å². The Kier molecular flexibility index (Phi) is 4.30. The van der Waals surface area contributed by atoms with Crippen LogP contribution >= 0.6 is 0 Å². The van der Waals surface area contributed by atoms with Gasteiger partial charge >= 0.3 is 0 Å². The lowest BCUT2D eigenvalue weighted by atomic mass is 9.94. The summed E-state index contributed by atoms with van der Waals surface area (Å²) in [6.45, 7) is 1.63. The number of hydrogen-bond acceptors (Lipinski definition) is 5. The number of rotatable bonds is 5. The summed E-state index contributed by atoms with van der Waals surface area (Å²) in [5, 5.41) is 0. The summed E-state index contributed by atoms with van der Waals surface area (Å²) in [4.78, 5) is 4.19. The number of nitrogens with zero attached hydrogens (tertiary/aromatic N) is 1. The second kappa shape index (κ2) is 5.95. The first-order valence-corrected chi connectivity index (χ1v) is 5.86. The van der Waals surface area contributed by atoms with E-state index < -0.39 is 0 Å². The van der Waals surface area contributed by atoms with Crippen LogP contribution in [0.1, 0.15) is 12.0 Å². The van der Waals surface area contributed by atoms with Gasteiger partial charge in [0.2, 0.25) is 5.88 Å². The first kappa shape index (κ1) is 12.3. The maximum Gasteiger partial charge on any atom is 0.212 e. The number of pyridine rings is 1. The lowest BCUT2D eigenvalue weighted by Crippen LogP contribution is -2.42. The average molecular weight is 237 g/mol. The molecule has 1 aliphatic heterocycles. The number of ether oxygens (including phenoxy) is 2. The smallest absolute Gasteiger partial charge is 0.212 e. The van der Waals surface area contributed by atoms with E-state index in [1.54, 1.807) is 7.11 Å². The van der Waals surface area contributed by atoms with Gasteiger partial charge in [0.05, 0.1) is 13.7 Å². The van der Waals surface area contributed by atoms with Crippen LogP contribution in [0.5, 0.6) is 5.88 Å². The highest BCUT2D eigenvalue weighted by atomic mass is 16.5. The van der Waals surface area contributed by atoms with E-state index in [1.165, 1.54) is 0 Å². The van der Waals surface area contributed by atoms with Crippen molar-refractivity contribution in [1.29, 1.82) is 0 Å². The topological polar surface area (TPSA) is 69.4 Å². The predicted octanol–water partition coefficient (Wildman–Crippen LogP) is 0.501. The average Bonchev–Trinajstić information content (AvgIpc) is 2.90. The van der Waals surface area contributed by atoms with E-state index in [0.29, 0.717) is 11.8 Å². The van der Waals surface area contributed by atoms with Crippen molar-refractivity contribution in [2.24, 2.45) is 11.8 Å². The Morgan fingerprint density at radius 3 is 3.06 bits per heavy atom. The van der Waals surface area contributed by atoms with Crippen LogP contribution in [0, 0.1) is 5.92 Å². The molecule has 94 valence electrons. The fourth-order valence-corrected chi connectivity index (χ4v) is 2.14. The van der Waals surface area contributed by atoms with Gasteiger partial charge in [-0.3, -0.25) is 11.3 Å². The Balaban J connectivity index is 1.96. The molecule has 17 heavy (non-hydrogen) atoms. The number of hydrogen-bond donors (Lipinski definition) is 2. The SMILES string of the molecule is COc1ccc(CC(NN)C2CCOC2)cn1. The van der Waals surface area contributed by atoms with E-state index in [2.05, 4.69) is 10.4 Å². The summed E-state index contributed by atoms with van der Waals surface area (Å²) in [5.41, 5.74) is 4.04. The van der Waals surface area contributed by atoms with Crippen LogP contribution in [0.3, 0.4) is 0 Å². The van der Waals surface area contributed by atoms with E-state index in [-0.39, 0.29) is 6.04 Å². The molecule has 1 aromatic rings. The van der Waals surface area contributed by atoms with Crippen LogP contribution in [0.15, 0.2) is 18.3 Å². The molecule has 0 radical (unpaired) electrons. The molecule has 0 aliphatic carbocycles. The summed E-state index contributed by atoms with van der Waals surface area (Å²) in [6, 6.07) is 4.13. The van der Waals surface area contributed by atoms with Crippen molar-refractivity contribution in [3.05, 3.63) is 23.9 Å². The van der Waals surface area contributed by atoms with Crippen LogP contribution in [-0.4, -0.2) is 31.3 Å². The molecule has 1 fully saturated rings. The monoisotopic (exact) mass is 237 g/mol. The summed E-state index contributed by atoms with van der Waals surface area (Å²) in [5.74, 6) is 6.73. The van der Waals surface area contributed by atoms with Crippen molar-refractivity contribution in [2.45, 2.75) is 18.9 Å². The lowest BCUT2D eigenvalue weighted by Gasteiger charge is -2.21. The molecule has 0 spiro atoms. The highest BCUT2D eigenvalue weighted by molar-refractivity contribution is 5.18. The largest absolute Gasteiger partial charge is 0.481 e. The first-order chi connectivity index (χ1) is 8.33. The fraction of sp³-hybridized carbons (Fsp3) is 0.583. The second-order valence-corrected chi connectivity index (χ2v) is 4.31. The molecule has 5 heteroatoms. The molecule has 1 aliphatic rings. The molecular formula is C12H19N3O2. The van der Waals surface area contributed by atoms with Gasteiger partial charge in [0.1, 0.15) is 0 Å². The second-order valence-electron chi connectivity index (χ2n) is 4.31. The Labute approximate surface area is 101 Å². The zero-order valence-electron chi connectivity index (χ0n) is 10.1. The Bertz CT molecular complexity index is 336. The quantitative estimate of drug-likeness (QED) is 0.576. The minimum Gasteiger partial charge on any atom is -0.481 e. The maximum absolute atomic E-state index is 5.61. The van der Waals surface area contributed by atoms with Crippen LogP contribution < -0.4 is 16.0 Å². The van der Waals surface area contributed by atoms with E-state index in [9.17, 15) is 0 Å². The molecule has 2 unspecified atom stereocenters. The van der Waals surface area contributed by atoms with Gasteiger partial charge < -0.3 is 9.47 Å². The Morgan fingerprint density at radius 1 is 1.65 bits per heavy atom. The number of nitrogens with two attached hydrogens (primary N) is 1. The summed E-state index contributed by atoms with van der Waals surface area (Å²) in [7, 11) is 1.61. The van der Waals surface area contributed by atoms with Gasteiger partial charge in [-0.1, -0.05) is 6.07 Å². The molecular weight excluding hydrogens is 218 g/mol. The van der Waals surface area contributed by atoms with Crippen molar-refractivity contribution in [3.63, 3.8) is 0 Å². The van der Waals surface area contributed by atoms with Crippen LogP contribution in [0.25, 0.3) is 0 Å². The van der Waals surface area contributed by atoms with E-state index in [0.717, 1.165) is 31.6 Å². The van der Waals surface area contributed by atoms with E-state index >= 15 is 0 Å².